The van der Waals surface area contributed by atoms with Crippen LogP contribution in [-0.2, 0) is 4.79 Å². The van der Waals surface area contributed by atoms with E-state index in [9.17, 15) is 4.79 Å². The second-order valence-corrected chi connectivity index (χ2v) is 5.48. The van der Waals surface area contributed by atoms with Gasteiger partial charge in [-0.1, -0.05) is 11.6 Å². The molecule has 0 saturated carbocycles. The van der Waals surface area contributed by atoms with Gasteiger partial charge in [-0.05, 0) is 32.0 Å². The van der Waals surface area contributed by atoms with E-state index in [0.717, 1.165) is 0 Å². The van der Waals surface area contributed by atoms with Crippen LogP contribution in [0.3, 0.4) is 0 Å². The second kappa shape index (κ2) is 5.60. The monoisotopic (exact) mass is 293 g/mol. The van der Waals surface area contributed by atoms with Crippen molar-refractivity contribution < 1.29 is 4.79 Å². The van der Waals surface area contributed by atoms with Gasteiger partial charge in [0.25, 0.3) is 0 Å². The van der Waals surface area contributed by atoms with Crippen molar-refractivity contribution in [3.8, 4) is 5.69 Å². The van der Waals surface area contributed by atoms with Gasteiger partial charge in [0, 0.05) is 11.6 Å². The molecular formula is C13H16ClN5O. The lowest BCUT2D eigenvalue weighted by Gasteiger charge is -2.22. The van der Waals surface area contributed by atoms with E-state index in [4.69, 9.17) is 17.3 Å². The molecule has 20 heavy (non-hydrogen) atoms. The summed E-state index contributed by atoms with van der Waals surface area (Å²) in [7, 11) is 0. The number of amides is 1. The van der Waals surface area contributed by atoms with Crippen molar-refractivity contribution in [1.82, 2.24) is 14.8 Å². The van der Waals surface area contributed by atoms with Gasteiger partial charge in [0.15, 0.2) is 0 Å². The van der Waals surface area contributed by atoms with Crippen molar-refractivity contribution >= 4 is 23.2 Å². The average molecular weight is 294 g/mol. The van der Waals surface area contributed by atoms with Gasteiger partial charge < -0.3 is 11.1 Å². The summed E-state index contributed by atoms with van der Waals surface area (Å²) in [6.45, 7) is 3.81. The highest BCUT2D eigenvalue weighted by Gasteiger charge is 2.26. The zero-order valence-corrected chi connectivity index (χ0v) is 12.1. The summed E-state index contributed by atoms with van der Waals surface area (Å²) in [5.74, 6) is -0.177. The zero-order chi connectivity index (χ0) is 14.8. The van der Waals surface area contributed by atoms with Crippen molar-refractivity contribution in [2.75, 3.05) is 11.9 Å². The number of carbonyl (C=O) groups excluding carboxylic acids is 1. The maximum atomic E-state index is 12.2. The number of hydrogen-bond acceptors (Lipinski definition) is 4. The van der Waals surface area contributed by atoms with Gasteiger partial charge in [0.2, 0.25) is 5.91 Å². The molecule has 6 nitrogen and oxygen atoms in total. The number of rotatable bonds is 4. The summed E-state index contributed by atoms with van der Waals surface area (Å²) < 4.78 is 1.56. The highest BCUT2D eigenvalue weighted by atomic mass is 35.5. The molecule has 2 rings (SSSR count). The van der Waals surface area contributed by atoms with Crippen LogP contribution in [-0.4, -0.2) is 27.2 Å². The third-order valence-electron chi connectivity index (χ3n) is 3.00. The Morgan fingerprint density at radius 2 is 2.25 bits per heavy atom. The zero-order valence-electron chi connectivity index (χ0n) is 11.3. The molecule has 0 aliphatic heterocycles. The van der Waals surface area contributed by atoms with E-state index >= 15 is 0 Å². The quantitative estimate of drug-likeness (QED) is 0.900. The maximum absolute atomic E-state index is 12.2. The number of carbonyl (C=O) groups is 1. The number of halogens is 1. The Morgan fingerprint density at radius 1 is 1.50 bits per heavy atom. The number of nitrogens with one attached hydrogen (secondary N) is 1. The fourth-order valence-electron chi connectivity index (χ4n) is 1.52. The van der Waals surface area contributed by atoms with E-state index in [2.05, 4.69) is 15.4 Å². The summed E-state index contributed by atoms with van der Waals surface area (Å²) in [6.07, 6.45) is 2.97. The van der Waals surface area contributed by atoms with Crippen LogP contribution in [0, 0.1) is 5.41 Å². The molecule has 0 bridgehead atoms. The van der Waals surface area contributed by atoms with Crippen LogP contribution in [0.4, 0.5) is 5.69 Å². The third-order valence-corrected chi connectivity index (χ3v) is 3.23. The predicted octanol–water partition coefficient (Wildman–Crippen LogP) is 1.84. The molecule has 0 unspecified atom stereocenters. The van der Waals surface area contributed by atoms with Gasteiger partial charge in [-0.15, -0.1) is 0 Å². The highest BCUT2D eigenvalue weighted by Crippen LogP contribution is 2.26. The first-order valence-corrected chi connectivity index (χ1v) is 6.48. The SMILES string of the molecule is CC(C)(CN)C(=O)Nc1cc(Cl)ccc1-n1cncn1. The molecule has 0 aliphatic rings. The molecule has 2 aromatic rings. The topological polar surface area (TPSA) is 85.8 Å². The fraction of sp³-hybridized carbons (Fsp3) is 0.308. The molecule has 1 heterocycles. The largest absolute Gasteiger partial charge is 0.329 e. The Kier molecular flexibility index (Phi) is 4.06. The molecule has 0 aliphatic carbocycles. The van der Waals surface area contributed by atoms with Crippen LogP contribution < -0.4 is 11.1 Å². The van der Waals surface area contributed by atoms with E-state index in [-0.39, 0.29) is 12.5 Å². The average Bonchev–Trinajstić information content (AvgIpc) is 2.92. The smallest absolute Gasteiger partial charge is 0.231 e. The third kappa shape index (κ3) is 2.97. The Morgan fingerprint density at radius 3 is 2.85 bits per heavy atom. The number of aromatic nitrogens is 3. The molecule has 0 atom stereocenters. The fourth-order valence-corrected chi connectivity index (χ4v) is 1.70. The lowest BCUT2D eigenvalue weighted by atomic mass is 9.92. The minimum atomic E-state index is -0.665. The summed E-state index contributed by atoms with van der Waals surface area (Å²) in [4.78, 5) is 16.1. The first kappa shape index (κ1) is 14.5. The first-order valence-electron chi connectivity index (χ1n) is 6.10. The molecule has 3 N–H and O–H groups in total. The molecule has 1 amide bonds. The minimum absolute atomic E-state index is 0.177. The Labute approximate surface area is 121 Å². The summed E-state index contributed by atoms with van der Waals surface area (Å²) >= 11 is 5.99. The van der Waals surface area contributed by atoms with E-state index in [1.807, 2.05) is 0 Å². The molecule has 0 spiro atoms. The van der Waals surface area contributed by atoms with Gasteiger partial charge in [-0.2, -0.15) is 5.10 Å². The molecule has 0 fully saturated rings. The van der Waals surface area contributed by atoms with Crippen molar-refractivity contribution in [3.05, 3.63) is 35.9 Å². The molecule has 1 aromatic carbocycles. The van der Waals surface area contributed by atoms with Crippen LogP contribution in [0.25, 0.3) is 5.69 Å². The number of anilines is 1. The summed E-state index contributed by atoms with van der Waals surface area (Å²) in [5.41, 5.74) is 6.20. The Balaban J connectivity index is 2.36. The molecule has 0 radical (unpaired) electrons. The standard InChI is InChI=1S/C13H16ClN5O/c1-13(2,6-15)12(20)18-10-5-9(14)3-4-11(10)19-8-16-7-17-19/h3-5,7-8H,6,15H2,1-2H3,(H,18,20). The van der Waals surface area contributed by atoms with Gasteiger partial charge in [-0.25, -0.2) is 9.67 Å². The van der Waals surface area contributed by atoms with Crippen LogP contribution in [0.1, 0.15) is 13.8 Å². The van der Waals surface area contributed by atoms with Gasteiger partial charge in [0.05, 0.1) is 16.8 Å². The molecule has 0 saturated heterocycles. The summed E-state index contributed by atoms with van der Waals surface area (Å²) in [6, 6.07) is 5.16. The number of nitrogens with two attached hydrogens (primary N) is 1. The van der Waals surface area contributed by atoms with Crippen molar-refractivity contribution in [3.63, 3.8) is 0 Å². The van der Waals surface area contributed by atoms with Crippen LogP contribution in [0.15, 0.2) is 30.9 Å². The van der Waals surface area contributed by atoms with Crippen LogP contribution in [0.5, 0.6) is 0 Å². The number of nitrogens with zero attached hydrogens (tertiary/aromatic N) is 3. The maximum Gasteiger partial charge on any atom is 0.231 e. The van der Waals surface area contributed by atoms with Crippen molar-refractivity contribution in [2.45, 2.75) is 13.8 Å². The highest BCUT2D eigenvalue weighted by molar-refractivity contribution is 6.31. The van der Waals surface area contributed by atoms with Gasteiger partial charge >= 0.3 is 0 Å². The Bertz CT molecular complexity index is 609. The predicted molar refractivity (Wildman–Crippen MR) is 77.8 cm³/mol. The van der Waals surface area contributed by atoms with E-state index in [1.54, 1.807) is 43.1 Å². The van der Waals surface area contributed by atoms with Gasteiger partial charge in [0.1, 0.15) is 12.7 Å². The Hall–Kier alpha value is -1.92. The number of hydrogen-bond donors (Lipinski definition) is 2. The first-order chi connectivity index (χ1) is 9.44. The molecule has 1 aromatic heterocycles. The van der Waals surface area contributed by atoms with Crippen molar-refractivity contribution in [2.24, 2.45) is 11.1 Å². The second-order valence-electron chi connectivity index (χ2n) is 5.04. The van der Waals surface area contributed by atoms with E-state index in [0.29, 0.717) is 16.4 Å². The number of benzene rings is 1. The summed E-state index contributed by atoms with van der Waals surface area (Å²) in [5, 5.41) is 7.41. The van der Waals surface area contributed by atoms with E-state index < -0.39 is 5.41 Å². The molecule has 7 heteroatoms. The van der Waals surface area contributed by atoms with E-state index in [1.165, 1.54) is 6.33 Å². The minimum Gasteiger partial charge on any atom is -0.329 e. The lowest BCUT2D eigenvalue weighted by molar-refractivity contribution is -0.123. The lowest BCUT2D eigenvalue weighted by Crippen LogP contribution is -2.37. The molecule has 106 valence electrons. The van der Waals surface area contributed by atoms with Crippen molar-refractivity contribution in [1.29, 1.82) is 0 Å². The van der Waals surface area contributed by atoms with Crippen LogP contribution >= 0.6 is 11.6 Å². The molecular weight excluding hydrogens is 278 g/mol. The normalized spacial score (nSPS) is 11.4. The van der Waals surface area contributed by atoms with Crippen LogP contribution in [0.2, 0.25) is 5.02 Å². The van der Waals surface area contributed by atoms with Gasteiger partial charge in [-0.3, -0.25) is 4.79 Å².